The zero-order valence-corrected chi connectivity index (χ0v) is 17.6. The van der Waals surface area contributed by atoms with E-state index in [2.05, 4.69) is 21.7 Å². The highest BCUT2D eigenvalue weighted by Gasteiger charge is 2.33. The highest BCUT2D eigenvalue weighted by Crippen LogP contribution is 2.27. The van der Waals surface area contributed by atoms with Crippen LogP contribution in [0.25, 0.3) is 0 Å². The average molecular weight is 424 g/mol. The van der Waals surface area contributed by atoms with Gasteiger partial charge < -0.3 is 9.32 Å². The molecule has 0 radical (unpaired) electrons. The molecular formula is C19H25N3O4S2. The Morgan fingerprint density at radius 3 is 2.50 bits per heavy atom. The van der Waals surface area contributed by atoms with E-state index in [0.29, 0.717) is 26.2 Å². The third-order valence-electron chi connectivity index (χ3n) is 5.41. The van der Waals surface area contributed by atoms with Crippen molar-refractivity contribution in [1.82, 2.24) is 14.1 Å². The predicted molar refractivity (Wildman–Crippen MR) is 107 cm³/mol. The molecule has 0 bridgehead atoms. The van der Waals surface area contributed by atoms with Crippen molar-refractivity contribution in [2.45, 2.75) is 31.2 Å². The normalized spacial score (nSPS) is 19.4. The van der Waals surface area contributed by atoms with Gasteiger partial charge in [-0.15, -0.1) is 0 Å². The molecule has 0 N–H and O–H groups in total. The van der Waals surface area contributed by atoms with E-state index >= 15 is 0 Å². The van der Waals surface area contributed by atoms with Gasteiger partial charge in [0.05, 0.1) is 0 Å². The molecule has 9 heteroatoms. The summed E-state index contributed by atoms with van der Waals surface area (Å²) < 4.78 is 32.6. The molecule has 1 amide bonds. The van der Waals surface area contributed by atoms with Gasteiger partial charge in [0.2, 0.25) is 10.0 Å². The van der Waals surface area contributed by atoms with Gasteiger partial charge in [-0.25, -0.2) is 8.42 Å². The molecule has 2 aromatic heterocycles. The molecule has 0 aliphatic carbocycles. The zero-order chi connectivity index (χ0) is 19.7. The summed E-state index contributed by atoms with van der Waals surface area (Å²) in [7, 11) is -3.59. The molecule has 0 spiro atoms. The fourth-order valence-electron chi connectivity index (χ4n) is 3.80. The smallest absolute Gasteiger partial charge is 0.289 e. The van der Waals surface area contributed by atoms with Crippen molar-refractivity contribution < 1.29 is 17.6 Å². The maximum absolute atomic E-state index is 12.8. The minimum Gasteiger partial charge on any atom is -0.455 e. The molecule has 0 aromatic carbocycles. The van der Waals surface area contributed by atoms with Gasteiger partial charge in [0, 0.05) is 51.9 Å². The number of sulfonamides is 1. The first-order valence-electron chi connectivity index (χ1n) is 9.58. The molecule has 152 valence electrons. The van der Waals surface area contributed by atoms with E-state index in [-0.39, 0.29) is 22.3 Å². The Bertz CT molecular complexity index is 923. The van der Waals surface area contributed by atoms with Crippen LogP contribution in [-0.2, 0) is 16.6 Å². The fraction of sp³-hybridized carbons (Fsp3) is 0.526. The summed E-state index contributed by atoms with van der Waals surface area (Å²) in [6.07, 6.45) is 1.75. The SMILES string of the molecule is Cc1oc(C(=O)N2CCN(Cc3ccsc3)CC2)cc1S(=O)(=O)N1CCCC1. The quantitative estimate of drug-likeness (QED) is 0.738. The average Bonchev–Trinajstić information content (AvgIpc) is 3.44. The number of carbonyl (C=O) groups is 1. The van der Waals surface area contributed by atoms with Crippen LogP contribution in [0.15, 0.2) is 32.2 Å². The summed E-state index contributed by atoms with van der Waals surface area (Å²) in [5, 5.41) is 4.22. The maximum Gasteiger partial charge on any atom is 0.289 e. The lowest BCUT2D eigenvalue weighted by molar-refractivity contribution is 0.0596. The first-order valence-corrected chi connectivity index (χ1v) is 12.0. The Balaban J connectivity index is 1.42. The van der Waals surface area contributed by atoms with E-state index in [1.165, 1.54) is 15.9 Å². The highest BCUT2D eigenvalue weighted by atomic mass is 32.2. The van der Waals surface area contributed by atoms with E-state index in [4.69, 9.17) is 4.42 Å². The fourth-order valence-corrected chi connectivity index (χ4v) is 6.14. The van der Waals surface area contributed by atoms with Crippen molar-refractivity contribution in [2.75, 3.05) is 39.3 Å². The number of nitrogens with zero attached hydrogens (tertiary/aromatic N) is 3. The Kier molecular flexibility index (Phi) is 5.59. The summed E-state index contributed by atoms with van der Waals surface area (Å²) in [5.74, 6) is 0.161. The van der Waals surface area contributed by atoms with E-state index < -0.39 is 10.0 Å². The third kappa shape index (κ3) is 3.89. The molecule has 4 heterocycles. The van der Waals surface area contributed by atoms with Gasteiger partial charge in [0.25, 0.3) is 5.91 Å². The number of thiophene rings is 1. The van der Waals surface area contributed by atoms with Crippen molar-refractivity contribution in [3.05, 3.63) is 40.0 Å². The van der Waals surface area contributed by atoms with Crippen LogP contribution in [-0.4, -0.2) is 67.7 Å². The molecule has 4 rings (SSSR count). The number of furan rings is 1. The number of amides is 1. The molecule has 7 nitrogen and oxygen atoms in total. The minimum absolute atomic E-state index is 0.113. The van der Waals surface area contributed by atoms with Crippen LogP contribution in [0, 0.1) is 6.92 Å². The molecule has 2 saturated heterocycles. The van der Waals surface area contributed by atoms with E-state index in [0.717, 1.165) is 32.5 Å². The van der Waals surface area contributed by atoms with Crippen LogP contribution in [0.3, 0.4) is 0 Å². The Morgan fingerprint density at radius 2 is 1.86 bits per heavy atom. The van der Waals surface area contributed by atoms with Crippen LogP contribution in [0.4, 0.5) is 0 Å². The van der Waals surface area contributed by atoms with E-state index in [1.54, 1.807) is 23.2 Å². The standard InChI is InChI=1S/C19H25N3O4S2/c1-15-18(28(24,25)22-5-2-3-6-22)12-17(26-15)19(23)21-9-7-20(8-10-21)13-16-4-11-27-14-16/h4,11-12,14H,2-3,5-10,13H2,1H3. The summed E-state index contributed by atoms with van der Waals surface area (Å²) in [6.45, 7) is 6.36. The second-order valence-electron chi connectivity index (χ2n) is 7.34. The Morgan fingerprint density at radius 1 is 1.14 bits per heavy atom. The Hall–Kier alpha value is -1.68. The van der Waals surface area contributed by atoms with Gasteiger partial charge in [-0.2, -0.15) is 15.6 Å². The predicted octanol–water partition coefficient (Wildman–Crippen LogP) is 2.39. The molecular weight excluding hydrogens is 398 g/mol. The molecule has 2 fully saturated rings. The molecule has 2 aliphatic heterocycles. The number of rotatable bonds is 5. The van der Waals surface area contributed by atoms with Crippen LogP contribution in [0.5, 0.6) is 0 Å². The number of hydrogen-bond donors (Lipinski definition) is 0. The number of aryl methyl sites for hydroxylation is 1. The first-order chi connectivity index (χ1) is 13.4. The summed E-state index contributed by atoms with van der Waals surface area (Å²) in [5.41, 5.74) is 1.29. The van der Waals surface area contributed by atoms with Gasteiger partial charge in [0.15, 0.2) is 5.76 Å². The van der Waals surface area contributed by atoms with Crippen LogP contribution in [0.1, 0.15) is 34.7 Å². The molecule has 2 aliphatic rings. The van der Waals surface area contributed by atoms with E-state index in [1.807, 2.05) is 0 Å². The van der Waals surface area contributed by atoms with Crippen LogP contribution >= 0.6 is 11.3 Å². The minimum atomic E-state index is -3.59. The Labute approximate surface area is 169 Å². The number of piperazine rings is 1. The van der Waals surface area contributed by atoms with Gasteiger partial charge in [-0.1, -0.05) is 0 Å². The van der Waals surface area contributed by atoms with Crippen LogP contribution < -0.4 is 0 Å². The second kappa shape index (κ2) is 7.98. The highest BCUT2D eigenvalue weighted by molar-refractivity contribution is 7.89. The summed E-state index contributed by atoms with van der Waals surface area (Å²) in [6, 6.07) is 3.53. The van der Waals surface area contributed by atoms with Gasteiger partial charge in [0.1, 0.15) is 10.7 Å². The first kappa shape index (κ1) is 19.6. The lowest BCUT2D eigenvalue weighted by Crippen LogP contribution is -2.48. The van der Waals surface area contributed by atoms with Gasteiger partial charge in [-0.3, -0.25) is 9.69 Å². The summed E-state index contributed by atoms with van der Waals surface area (Å²) >= 11 is 1.69. The van der Waals surface area contributed by atoms with Crippen molar-refractivity contribution in [3.8, 4) is 0 Å². The topological polar surface area (TPSA) is 74.1 Å². The molecule has 0 atom stereocenters. The second-order valence-corrected chi connectivity index (χ2v) is 10.0. The van der Waals surface area contributed by atoms with Gasteiger partial charge >= 0.3 is 0 Å². The molecule has 0 saturated carbocycles. The maximum atomic E-state index is 12.8. The largest absolute Gasteiger partial charge is 0.455 e. The molecule has 2 aromatic rings. The van der Waals surface area contributed by atoms with Crippen molar-refractivity contribution in [2.24, 2.45) is 0 Å². The summed E-state index contributed by atoms with van der Waals surface area (Å²) in [4.78, 5) is 17.0. The van der Waals surface area contributed by atoms with E-state index in [9.17, 15) is 13.2 Å². The lowest BCUT2D eigenvalue weighted by Gasteiger charge is -2.34. The zero-order valence-electron chi connectivity index (χ0n) is 16.0. The lowest BCUT2D eigenvalue weighted by atomic mass is 10.2. The number of carbonyl (C=O) groups excluding carboxylic acids is 1. The van der Waals surface area contributed by atoms with Gasteiger partial charge in [-0.05, 0) is 42.2 Å². The monoisotopic (exact) mass is 423 g/mol. The van der Waals surface area contributed by atoms with Crippen molar-refractivity contribution >= 4 is 27.3 Å². The number of hydrogen-bond acceptors (Lipinski definition) is 6. The molecule has 28 heavy (non-hydrogen) atoms. The third-order valence-corrected chi connectivity index (χ3v) is 8.15. The van der Waals surface area contributed by atoms with Crippen molar-refractivity contribution in [3.63, 3.8) is 0 Å². The molecule has 0 unspecified atom stereocenters. The van der Waals surface area contributed by atoms with Crippen molar-refractivity contribution in [1.29, 1.82) is 0 Å². The van der Waals surface area contributed by atoms with Crippen LogP contribution in [0.2, 0.25) is 0 Å².